The zero-order chi connectivity index (χ0) is 12.7. The van der Waals surface area contributed by atoms with Crippen molar-refractivity contribution in [2.24, 2.45) is 0 Å². The quantitative estimate of drug-likeness (QED) is 0.806. The van der Waals surface area contributed by atoms with Crippen molar-refractivity contribution in [1.82, 2.24) is 14.7 Å². The minimum absolute atomic E-state index is 0.398. The van der Waals surface area contributed by atoms with Gasteiger partial charge in [0.1, 0.15) is 6.61 Å². The molecule has 0 saturated carbocycles. The summed E-state index contributed by atoms with van der Waals surface area (Å²) in [5.41, 5.74) is 1.21. The van der Waals surface area contributed by atoms with E-state index in [1.54, 1.807) is 7.11 Å². The van der Waals surface area contributed by atoms with Crippen molar-refractivity contribution in [3.63, 3.8) is 0 Å². The average Bonchev–Trinajstić information content (AvgIpc) is 2.70. The summed E-state index contributed by atoms with van der Waals surface area (Å²) in [6, 6.07) is 0.434. The normalized spacial score (nSPS) is 24.8. The standard InChI is InChI=1S/C13H21N3O2/c1-9(2)12-4-14-16-5-10(8-18-13(12)16)15-6-11(7-15)17-3/h4,9-11H,5-8H2,1-3H3/t10-/m0/s1. The number of hydrogen-bond donors (Lipinski definition) is 0. The lowest BCUT2D eigenvalue weighted by molar-refractivity contribution is -0.0684. The first-order valence-electron chi connectivity index (χ1n) is 6.64. The molecule has 0 unspecified atom stereocenters. The van der Waals surface area contributed by atoms with Gasteiger partial charge >= 0.3 is 0 Å². The second-order valence-corrected chi connectivity index (χ2v) is 5.52. The zero-order valence-electron chi connectivity index (χ0n) is 11.3. The van der Waals surface area contributed by atoms with Crippen LogP contribution in [0.25, 0.3) is 0 Å². The highest BCUT2D eigenvalue weighted by Crippen LogP contribution is 2.30. The number of nitrogens with zero attached hydrogens (tertiary/aromatic N) is 3. The summed E-state index contributed by atoms with van der Waals surface area (Å²) in [6.07, 6.45) is 2.34. The monoisotopic (exact) mass is 251 g/mol. The number of aromatic nitrogens is 2. The first-order valence-corrected chi connectivity index (χ1v) is 6.64. The first kappa shape index (κ1) is 12.0. The molecule has 0 bridgehead atoms. The zero-order valence-corrected chi connectivity index (χ0v) is 11.3. The van der Waals surface area contributed by atoms with Gasteiger partial charge in [-0.2, -0.15) is 5.10 Å². The molecule has 0 aliphatic carbocycles. The van der Waals surface area contributed by atoms with Crippen LogP contribution in [0.15, 0.2) is 6.20 Å². The maximum Gasteiger partial charge on any atom is 0.215 e. The van der Waals surface area contributed by atoms with E-state index in [9.17, 15) is 0 Å². The minimum Gasteiger partial charge on any atom is -0.476 e. The lowest BCUT2D eigenvalue weighted by Gasteiger charge is -2.44. The summed E-state index contributed by atoms with van der Waals surface area (Å²) < 4.78 is 13.2. The van der Waals surface area contributed by atoms with E-state index >= 15 is 0 Å². The maximum atomic E-state index is 5.91. The number of likely N-dealkylation sites (tertiary alicyclic amines) is 1. The van der Waals surface area contributed by atoms with E-state index in [0.717, 1.165) is 32.1 Å². The van der Waals surface area contributed by atoms with Crippen molar-refractivity contribution in [3.8, 4) is 5.88 Å². The highest BCUT2D eigenvalue weighted by atomic mass is 16.5. The third-order valence-electron chi connectivity index (χ3n) is 3.96. The number of methoxy groups -OCH3 is 1. The molecule has 3 heterocycles. The topological polar surface area (TPSA) is 39.5 Å². The van der Waals surface area contributed by atoms with E-state index < -0.39 is 0 Å². The van der Waals surface area contributed by atoms with Gasteiger partial charge in [0.05, 0.1) is 24.9 Å². The van der Waals surface area contributed by atoms with Gasteiger partial charge in [0, 0.05) is 25.8 Å². The molecule has 1 aromatic rings. The van der Waals surface area contributed by atoms with Crippen molar-refractivity contribution in [1.29, 1.82) is 0 Å². The highest BCUT2D eigenvalue weighted by molar-refractivity contribution is 5.28. The molecule has 2 aliphatic heterocycles. The van der Waals surface area contributed by atoms with Crippen LogP contribution in [0.5, 0.6) is 5.88 Å². The van der Waals surface area contributed by atoms with Gasteiger partial charge < -0.3 is 9.47 Å². The predicted molar refractivity (Wildman–Crippen MR) is 68.0 cm³/mol. The minimum atomic E-state index is 0.398. The molecule has 0 spiro atoms. The summed E-state index contributed by atoms with van der Waals surface area (Å²) in [6.45, 7) is 8.06. The summed E-state index contributed by atoms with van der Waals surface area (Å²) >= 11 is 0. The molecule has 5 nitrogen and oxygen atoms in total. The van der Waals surface area contributed by atoms with Crippen LogP contribution < -0.4 is 4.74 Å². The van der Waals surface area contributed by atoms with E-state index in [1.807, 2.05) is 10.9 Å². The smallest absolute Gasteiger partial charge is 0.215 e. The Morgan fingerprint density at radius 3 is 2.83 bits per heavy atom. The third-order valence-corrected chi connectivity index (χ3v) is 3.96. The fraction of sp³-hybridized carbons (Fsp3) is 0.769. The van der Waals surface area contributed by atoms with Gasteiger partial charge in [0.25, 0.3) is 0 Å². The van der Waals surface area contributed by atoms with Crippen LogP contribution in [0.1, 0.15) is 25.3 Å². The van der Waals surface area contributed by atoms with Crippen molar-refractivity contribution >= 4 is 0 Å². The first-order chi connectivity index (χ1) is 8.69. The van der Waals surface area contributed by atoms with Gasteiger partial charge in [0.2, 0.25) is 5.88 Å². The predicted octanol–water partition coefficient (Wildman–Crippen LogP) is 1.10. The fourth-order valence-corrected chi connectivity index (χ4v) is 2.64. The van der Waals surface area contributed by atoms with Gasteiger partial charge in [0.15, 0.2) is 0 Å². The molecule has 2 aliphatic rings. The van der Waals surface area contributed by atoms with Crippen molar-refractivity contribution in [2.45, 2.75) is 38.5 Å². The second-order valence-electron chi connectivity index (χ2n) is 5.52. The van der Waals surface area contributed by atoms with Gasteiger partial charge in [-0.25, -0.2) is 4.68 Å². The average molecular weight is 251 g/mol. The Kier molecular flexibility index (Phi) is 3.03. The van der Waals surface area contributed by atoms with Crippen LogP contribution in [0.3, 0.4) is 0 Å². The summed E-state index contributed by atoms with van der Waals surface area (Å²) in [4.78, 5) is 2.41. The van der Waals surface area contributed by atoms with Crippen LogP contribution in [0, 0.1) is 0 Å². The molecule has 3 rings (SSSR count). The summed E-state index contributed by atoms with van der Waals surface area (Å²) in [7, 11) is 1.78. The fourth-order valence-electron chi connectivity index (χ4n) is 2.64. The van der Waals surface area contributed by atoms with Crippen LogP contribution in [-0.4, -0.2) is 53.6 Å². The Morgan fingerprint density at radius 1 is 1.39 bits per heavy atom. The second kappa shape index (κ2) is 4.55. The van der Waals surface area contributed by atoms with E-state index in [2.05, 4.69) is 23.8 Å². The Hall–Kier alpha value is -1.07. The molecular weight excluding hydrogens is 230 g/mol. The Morgan fingerprint density at radius 2 is 2.17 bits per heavy atom. The lowest BCUT2D eigenvalue weighted by atomic mass is 10.1. The van der Waals surface area contributed by atoms with Gasteiger partial charge in [-0.1, -0.05) is 13.8 Å². The molecule has 1 atom stereocenters. The van der Waals surface area contributed by atoms with E-state index in [0.29, 0.717) is 18.1 Å². The maximum absolute atomic E-state index is 5.91. The number of rotatable bonds is 3. The Bertz CT molecular complexity index is 424. The van der Waals surface area contributed by atoms with Crippen molar-refractivity contribution in [2.75, 3.05) is 26.8 Å². The van der Waals surface area contributed by atoms with Gasteiger partial charge in [-0.3, -0.25) is 4.90 Å². The third kappa shape index (κ3) is 1.91. The molecule has 5 heteroatoms. The molecule has 100 valence electrons. The molecule has 1 saturated heterocycles. The van der Waals surface area contributed by atoms with Crippen molar-refractivity contribution < 1.29 is 9.47 Å². The molecule has 0 N–H and O–H groups in total. The van der Waals surface area contributed by atoms with E-state index in [4.69, 9.17) is 9.47 Å². The number of fused-ring (bicyclic) bond motifs is 1. The molecular formula is C13H21N3O2. The molecule has 18 heavy (non-hydrogen) atoms. The van der Waals surface area contributed by atoms with Crippen LogP contribution in [0.4, 0.5) is 0 Å². The number of ether oxygens (including phenoxy) is 2. The summed E-state index contributed by atoms with van der Waals surface area (Å²) in [5, 5.41) is 4.44. The van der Waals surface area contributed by atoms with E-state index in [-0.39, 0.29) is 0 Å². The number of hydrogen-bond acceptors (Lipinski definition) is 4. The molecule has 0 radical (unpaired) electrons. The molecule has 0 amide bonds. The lowest BCUT2D eigenvalue weighted by Crippen LogP contribution is -2.59. The van der Waals surface area contributed by atoms with Gasteiger partial charge in [-0.15, -0.1) is 0 Å². The Balaban J connectivity index is 1.67. The molecule has 0 aromatic carbocycles. The van der Waals surface area contributed by atoms with Crippen LogP contribution in [-0.2, 0) is 11.3 Å². The molecule has 1 aromatic heterocycles. The Labute approximate surface area is 108 Å². The van der Waals surface area contributed by atoms with Gasteiger partial charge in [-0.05, 0) is 5.92 Å². The molecule has 1 fully saturated rings. The summed E-state index contributed by atoms with van der Waals surface area (Å²) in [5.74, 6) is 1.43. The van der Waals surface area contributed by atoms with E-state index in [1.165, 1.54) is 5.56 Å². The largest absolute Gasteiger partial charge is 0.476 e. The van der Waals surface area contributed by atoms with Crippen molar-refractivity contribution in [3.05, 3.63) is 11.8 Å². The SMILES string of the molecule is COC1CN([C@@H]2COc3c(C(C)C)cnn3C2)C1. The highest BCUT2D eigenvalue weighted by Gasteiger charge is 2.35. The van der Waals surface area contributed by atoms with Crippen LogP contribution in [0.2, 0.25) is 0 Å². The van der Waals surface area contributed by atoms with Crippen LogP contribution >= 0.6 is 0 Å².